The fourth-order valence-electron chi connectivity index (χ4n) is 1.95. The van der Waals surface area contributed by atoms with Crippen molar-refractivity contribution in [1.29, 1.82) is 0 Å². The third-order valence-electron chi connectivity index (χ3n) is 3.88. The molecule has 1 rings (SSSR count). The maximum absolute atomic E-state index is 13.6. The number of likely N-dealkylation sites (N-methyl/N-ethyl adjacent to an activating group) is 1. The van der Waals surface area contributed by atoms with E-state index in [1.165, 1.54) is 6.07 Å². The zero-order valence-corrected chi connectivity index (χ0v) is 11.6. The van der Waals surface area contributed by atoms with Crippen LogP contribution in [0.5, 0.6) is 0 Å². The number of ether oxygens (including phenoxy) is 1. The van der Waals surface area contributed by atoms with Crippen LogP contribution in [-0.2, 0) is 11.3 Å². The first-order valence-corrected chi connectivity index (χ1v) is 6.13. The van der Waals surface area contributed by atoms with Crippen LogP contribution in [0.4, 0.5) is 4.39 Å². The molecule has 4 heteroatoms. The molecule has 0 radical (unpaired) electrons. The van der Waals surface area contributed by atoms with E-state index in [-0.39, 0.29) is 17.5 Å². The lowest BCUT2D eigenvalue weighted by Gasteiger charge is -2.42. The Morgan fingerprint density at radius 3 is 2.56 bits per heavy atom. The van der Waals surface area contributed by atoms with E-state index in [0.29, 0.717) is 18.7 Å². The zero-order valence-electron chi connectivity index (χ0n) is 11.6. The quantitative estimate of drug-likeness (QED) is 0.844. The van der Waals surface area contributed by atoms with Gasteiger partial charge in [-0.15, -0.1) is 0 Å². The SMILES string of the molecule is COC(C)C(C)(CN)N(C)Cc1ccccc1F. The fraction of sp³-hybridized carbons (Fsp3) is 0.571. The summed E-state index contributed by atoms with van der Waals surface area (Å²) in [5.74, 6) is -0.186. The van der Waals surface area contributed by atoms with E-state index in [4.69, 9.17) is 10.5 Å². The molecule has 3 nitrogen and oxygen atoms in total. The summed E-state index contributed by atoms with van der Waals surface area (Å²) in [6, 6.07) is 6.80. The molecule has 0 aliphatic heterocycles. The van der Waals surface area contributed by atoms with E-state index in [1.54, 1.807) is 19.2 Å². The van der Waals surface area contributed by atoms with Gasteiger partial charge in [0.1, 0.15) is 5.82 Å². The Balaban J connectivity index is 2.86. The Hall–Kier alpha value is -0.970. The molecule has 1 aromatic carbocycles. The fourth-order valence-corrected chi connectivity index (χ4v) is 1.95. The van der Waals surface area contributed by atoms with E-state index in [9.17, 15) is 4.39 Å². The molecule has 0 saturated heterocycles. The highest BCUT2D eigenvalue weighted by molar-refractivity contribution is 5.17. The summed E-state index contributed by atoms with van der Waals surface area (Å²) in [7, 11) is 3.60. The van der Waals surface area contributed by atoms with Gasteiger partial charge in [0.15, 0.2) is 0 Å². The van der Waals surface area contributed by atoms with Crippen LogP contribution >= 0.6 is 0 Å². The van der Waals surface area contributed by atoms with Crippen molar-refractivity contribution in [3.05, 3.63) is 35.6 Å². The van der Waals surface area contributed by atoms with Crippen LogP contribution in [0.15, 0.2) is 24.3 Å². The molecule has 0 fully saturated rings. The monoisotopic (exact) mass is 254 g/mol. The van der Waals surface area contributed by atoms with Crippen molar-refractivity contribution >= 4 is 0 Å². The van der Waals surface area contributed by atoms with Gasteiger partial charge in [-0.2, -0.15) is 0 Å². The van der Waals surface area contributed by atoms with Crippen LogP contribution in [0, 0.1) is 5.82 Å². The van der Waals surface area contributed by atoms with Gasteiger partial charge >= 0.3 is 0 Å². The van der Waals surface area contributed by atoms with Crippen LogP contribution in [0.3, 0.4) is 0 Å². The minimum absolute atomic E-state index is 0.0285. The standard InChI is InChI=1S/C14H23FN2O/c1-11(18-4)14(2,10-16)17(3)9-12-7-5-6-8-13(12)15/h5-8,11H,9-10,16H2,1-4H3. The number of benzene rings is 1. The first-order valence-electron chi connectivity index (χ1n) is 6.13. The topological polar surface area (TPSA) is 38.5 Å². The van der Waals surface area contributed by atoms with Gasteiger partial charge in [0.2, 0.25) is 0 Å². The maximum Gasteiger partial charge on any atom is 0.127 e. The third kappa shape index (κ3) is 3.07. The van der Waals surface area contributed by atoms with Crippen molar-refractivity contribution in [3.8, 4) is 0 Å². The molecule has 0 heterocycles. The molecule has 0 aromatic heterocycles. The molecule has 0 bridgehead atoms. The lowest BCUT2D eigenvalue weighted by molar-refractivity contribution is -0.0233. The average Bonchev–Trinajstić information content (AvgIpc) is 2.39. The molecule has 0 amide bonds. The van der Waals surface area contributed by atoms with E-state index in [0.717, 1.165) is 0 Å². The third-order valence-corrected chi connectivity index (χ3v) is 3.88. The molecule has 2 N–H and O–H groups in total. The van der Waals surface area contributed by atoms with Crippen molar-refractivity contribution in [3.63, 3.8) is 0 Å². The normalized spacial score (nSPS) is 16.6. The number of nitrogens with two attached hydrogens (primary N) is 1. The van der Waals surface area contributed by atoms with Gasteiger partial charge in [0.05, 0.1) is 11.6 Å². The second kappa shape index (κ2) is 6.27. The molecule has 2 atom stereocenters. The summed E-state index contributed by atoms with van der Waals surface area (Å²) in [6.07, 6.45) is -0.0285. The number of hydrogen-bond acceptors (Lipinski definition) is 3. The predicted octanol–water partition coefficient (Wildman–Crippen LogP) is 2.01. The summed E-state index contributed by atoms with van der Waals surface area (Å²) in [5.41, 5.74) is 6.21. The number of nitrogens with zero attached hydrogens (tertiary/aromatic N) is 1. The molecule has 0 saturated carbocycles. The number of rotatable bonds is 6. The van der Waals surface area contributed by atoms with Gasteiger partial charge in [0, 0.05) is 25.8 Å². The lowest BCUT2D eigenvalue weighted by Crippen LogP contribution is -2.57. The van der Waals surface area contributed by atoms with E-state index < -0.39 is 0 Å². The van der Waals surface area contributed by atoms with E-state index in [1.807, 2.05) is 31.9 Å². The molecule has 2 unspecified atom stereocenters. The summed E-state index contributed by atoms with van der Waals surface area (Å²) in [4.78, 5) is 2.04. The number of methoxy groups -OCH3 is 1. The van der Waals surface area contributed by atoms with Crippen LogP contribution in [0.2, 0.25) is 0 Å². The van der Waals surface area contributed by atoms with Gasteiger partial charge < -0.3 is 10.5 Å². The zero-order chi connectivity index (χ0) is 13.8. The second-order valence-corrected chi connectivity index (χ2v) is 4.89. The number of halogens is 1. The molecule has 0 spiro atoms. The lowest BCUT2D eigenvalue weighted by atomic mass is 9.93. The van der Waals surface area contributed by atoms with Crippen molar-refractivity contribution in [2.45, 2.75) is 32.0 Å². The van der Waals surface area contributed by atoms with Crippen LogP contribution in [-0.4, -0.2) is 37.2 Å². The Morgan fingerprint density at radius 1 is 1.44 bits per heavy atom. The average molecular weight is 254 g/mol. The highest BCUT2D eigenvalue weighted by Gasteiger charge is 2.34. The van der Waals surface area contributed by atoms with Crippen molar-refractivity contribution < 1.29 is 9.13 Å². The summed E-state index contributed by atoms with van der Waals surface area (Å²) in [6.45, 7) is 4.97. The Labute approximate surface area is 109 Å². The van der Waals surface area contributed by atoms with Crippen molar-refractivity contribution in [1.82, 2.24) is 4.90 Å². The molecule has 18 heavy (non-hydrogen) atoms. The predicted molar refractivity (Wildman–Crippen MR) is 71.8 cm³/mol. The highest BCUT2D eigenvalue weighted by Crippen LogP contribution is 2.22. The summed E-state index contributed by atoms with van der Waals surface area (Å²) < 4.78 is 19.0. The Bertz CT molecular complexity index is 386. The van der Waals surface area contributed by atoms with Gasteiger partial charge in [-0.05, 0) is 27.0 Å². The van der Waals surface area contributed by atoms with Crippen molar-refractivity contribution in [2.24, 2.45) is 5.73 Å². The Morgan fingerprint density at radius 2 is 2.06 bits per heavy atom. The smallest absolute Gasteiger partial charge is 0.127 e. The van der Waals surface area contributed by atoms with Gasteiger partial charge in [-0.3, -0.25) is 4.90 Å². The van der Waals surface area contributed by atoms with Crippen LogP contribution < -0.4 is 5.73 Å². The van der Waals surface area contributed by atoms with Gasteiger partial charge in [-0.1, -0.05) is 18.2 Å². The minimum atomic E-state index is -0.322. The summed E-state index contributed by atoms with van der Waals surface area (Å²) >= 11 is 0. The molecular formula is C14H23FN2O. The molecule has 0 aliphatic rings. The van der Waals surface area contributed by atoms with E-state index in [2.05, 4.69) is 0 Å². The molecule has 0 aliphatic carbocycles. The van der Waals surface area contributed by atoms with Crippen molar-refractivity contribution in [2.75, 3.05) is 20.7 Å². The summed E-state index contributed by atoms with van der Waals surface area (Å²) in [5, 5.41) is 0. The largest absolute Gasteiger partial charge is 0.380 e. The first-order chi connectivity index (χ1) is 8.45. The maximum atomic E-state index is 13.6. The molecular weight excluding hydrogens is 231 g/mol. The highest BCUT2D eigenvalue weighted by atomic mass is 19.1. The Kier molecular flexibility index (Phi) is 5.26. The minimum Gasteiger partial charge on any atom is -0.380 e. The van der Waals surface area contributed by atoms with Gasteiger partial charge in [-0.25, -0.2) is 4.39 Å². The first kappa shape index (κ1) is 15.1. The van der Waals surface area contributed by atoms with Crippen LogP contribution in [0.25, 0.3) is 0 Å². The van der Waals surface area contributed by atoms with Gasteiger partial charge in [0.25, 0.3) is 0 Å². The van der Waals surface area contributed by atoms with E-state index >= 15 is 0 Å². The number of hydrogen-bond donors (Lipinski definition) is 1. The van der Waals surface area contributed by atoms with Crippen LogP contribution in [0.1, 0.15) is 19.4 Å². The second-order valence-electron chi connectivity index (χ2n) is 4.89. The molecule has 102 valence electrons. The molecule has 1 aromatic rings.